The van der Waals surface area contributed by atoms with Crippen molar-refractivity contribution in [3.63, 3.8) is 0 Å². The minimum absolute atomic E-state index is 0.664. The molecule has 0 radical (unpaired) electrons. The fraction of sp³-hybridized carbons (Fsp3) is 0.200. The summed E-state index contributed by atoms with van der Waals surface area (Å²) >= 11 is 0. The largest absolute Gasteiger partial charge is 0.493 e. The van der Waals surface area contributed by atoms with Crippen molar-refractivity contribution in [2.75, 3.05) is 25.7 Å². The zero-order valence-corrected chi connectivity index (χ0v) is 17.1. The minimum Gasteiger partial charge on any atom is -0.493 e. The van der Waals surface area contributed by atoms with Crippen LogP contribution in [0.4, 0.5) is 5.82 Å². The summed E-state index contributed by atoms with van der Waals surface area (Å²) in [6, 6.07) is 22.6. The third-order valence-electron chi connectivity index (χ3n) is 5.64. The van der Waals surface area contributed by atoms with Gasteiger partial charge in [-0.3, -0.25) is 0 Å². The number of ether oxygens (including phenoxy) is 2. The first kappa shape index (κ1) is 18.4. The summed E-state index contributed by atoms with van der Waals surface area (Å²) in [5.74, 6) is 2.98. The quantitative estimate of drug-likeness (QED) is 0.491. The van der Waals surface area contributed by atoms with Crippen LogP contribution in [-0.2, 0) is 13.0 Å². The highest BCUT2D eigenvalue weighted by Crippen LogP contribution is 2.37. The molecular formula is C25H23N3O2. The summed E-state index contributed by atoms with van der Waals surface area (Å²) in [5.41, 5.74) is 4.59. The second-order valence-corrected chi connectivity index (χ2v) is 7.40. The number of hydrogen-bond donors (Lipinski definition) is 0. The van der Waals surface area contributed by atoms with E-state index in [0.717, 1.165) is 41.8 Å². The molecule has 0 saturated heterocycles. The predicted octanol–water partition coefficient (Wildman–Crippen LogP) is 4.88. The molecule has 5 nitrogen and oxygen atoms in total. The van der Waals surface area contributed by atoms with Gasteiger partial charge in [0.1, 0.15) is 5.82 Å². The van der Waals surface area contributed by atoms with E-state index in [-0.39, 0.29) is 0 Å². The normalized spacial score (nSPS) is 13.2. The van der Waals surface area contributed by atoms with Crippen molar-refractivity contribution in [3.05, 3.63) is 77.9 Å². The van der Waals surface area contributed by atoms with Crippen molar-refractivity contribution in [2.45, 2.75) is 13.0 Å². The number of fused-ring (bicyclic) bond motifs is 2. The molecule has 30 heavy (non-hydrogen) atoms. The van der Waals surface area contributed by atoms with E-state index in [9.17, 15) is 0 Å². The van der Waals surface area contributed by atoms with Gasteiger partial charge in [-0.2, -0.15) is 0 Å². The molecule has 0 unspecified atom stereocenters. The van der Waals surface area contributed by atoms with Crippen LogP contribution in [0.5, 0.6) is 11.5 Å². The highest BCUT2D eigenvalue weighted by molar-refractivity contribution is 5.93. The van der Waals surface area contributed by atoms with E-state index in [1.807, 2.05) is 42.5 Å². The van der Waals surface area contributed by atoms with Crippen LogP contribution < -0.4 is 14.4 Å². The van der Waals surface area contributed by atoms with Gasteiger partial charge in [-0.15, -0.1) is 0 Å². The molecule has 0 N–H and O–H groups in total. The summed E-state index contributed by atoms with van der Waals surface area (Å²) in [5, 5.41) is 0.965. The molecule has 0 fully saturated rings. The van der Waals surface area contributed by atoms with E-state index in [1.165, 1.54) is 11.1 Å². The Labute approximate surface area is 175 Å². The first-order chi connectivity index (χ1) is 14.8. The summed E-state index contributed by atoms with van der Waals surface area (Å²) in [6.45, 7) is 1.73. The molecule has 0 saturated carbocycles. The SMILES string of the molecule is COc1cc2nc(-c3ccccc3)nc(N3CCc4ccccc4C3)c2cc1OC. The van der Waals surface area contributed by atoms with E-state index in [2.05, 4.69) is 29.2 Å². The fourth-order valence-electron chi connectivity index (χ4n) is 4.07. The molecule has 0 aliphatic carbocycles. The molecule has 1 aromatic heterocycles. The van der Waals surface area contributed by atoms with Crippen molar-refractivity contribution in [1.29, 1.82) is 0 Å². The lowest BCUT2D eigenvalue weighted by molar-refractivity contribution is 0.356. The molecule has 0 bridgehead atoms. The van der Waals surface area contributed by atoms with Crippen LogP contribution in [0, 0.1) is 0 Å². The third-order valence-corrected chi connectivity index (χ3v) is 5.64. The number of aromatic nitrogens is 2. The molecule has 1 aliphatic heterocycles. The van der Waals surface area contributed by atoms with Crippen molar-refractivity contribution < 1.29 is 9.47 Å². The van der Waals surface area contributed by atoms with E-state index >= 15 is 0 Å². The lowest BCUT2D eigenvalue weighted by Crippen LogP contribution is -2.31. The highest BCUT2D eigenvalue weighted by Gasteiger charge is 2.22. The molecule has 0 atom stereocenters. The van der Waals surface area contributed by atoms with Crippen LogP contribution in [0.1, 0.15) is 11.1 Å². The molecule has 3 aromatic carbocycles. The number of anilines is 1. The van der Waals surface area contributed by atoms with Gasteiger partial charge >= 0.3 is 0 Å². The average molecular weight is 397 g/mol. The summed E-state index contributed by atoms with van der Waals surface area (Å²) in [4.78, 5) is 12.2. The molecule has 150 valence electrons. The molecule has 1 aliphatic rings. The van der Waals surface area contributed by atoms with E-state index in [1.54, 1.807) is 14.2 Å². The molecule has 5 rings (SSSR count). The Morgan fingerprint density at radius 3 is 2.27 bits per heavy atom. The maximum atomic E-state index is 5.56. The Morgan fingerprint density at radius 2 is 1.50 bits per heavy atom. The van der Waals surface area contributed by atoms with E-state index in [0.29, 0.717) is 17.3 Å². The third kappa shape index (κ3) is 3.22. The lowest BCUT2D eigenvalue weighted by atomic mass is 9.99. The van der Waals surface area contributed by atoms with Gasteiger partial charge in [-0.25, -0.2) is 9.97 Å². The number of nitrogens with zero attached hydrogens (tertiary/aromatic N) is 3. The number of rotatable bonds is 4. The van der Waals surface area contributed by atoms with Gasteiger partial charge in [-0.05, 0) is 23.6 Å². The van der Waals surface area contributed by atoms with Gasteiger partial charge in [0.15, 0.2) is 17.3 Å². The van der Waals surface area contributed by atoms with Gasteiger partial charge in [0.2, 0.25) is 0 Å². The second kappa shape index (κ2) is 7.67. The first-order valence-corrected chi connectivity index (χ1v) is 10.1. The van der Waals surface area contributed by atoms with Crippen LogP contribution in [-0.4, -0.2) is 30.7 Å². The minimum atomic E-state index is 0.664. The van der Waals surface area contributed by atoms with Gasteiger partial charge < -0.3 is 14.4 Å². The fourth-order valence-corrected chi connectivity index (χ4v) is 4.07. The van der Waals surface area contributed by atoms with Gasteiger partial charge in [0.25, 0.3) is 0 Å². The predicted molar refractivity (Wildman–Crippen MR) is 119 cm³/mol. The van der Waals surface area contributed by atoms with E-state index < -0.39 is 0 Å². The maximum Gasteiger partial charge on any atom is 0.162 e. The standard InChI is InChI=1S/C25H23N3O2/c1-29-22-14-20-21(15-23(22)30-2)26-24(18-9-4-3-5-10-18)27-25(20)28-13-12-17-8-6-7-11-19(17)16-28/h3-11,14-15H,12-13,16H2,1-2H3. The Morgan fingerprint density at radius 1 is 0.800 bits per heavy atom. The zero-order valence-electron chi connectivity index (χ0n) is 17.1. The Kier molecular flexibility index (Phi) is 4.71. The molecule has 0 spiro atoms. The monoisotopic (exact) mass is 397 g/mol. The van der Waals surface area contributed by atoms with Gasteiger partial charge in [-0.1, -0.05) is 54.6 Å². The summed E-state index contributed by atoms with van der Waals surface area (Å²) in [6.07, 6.45) is 0.996. The molecular weight excluding hydrogens is 374 g/mol. The number of methoxy groups -OCH3 is 2. The molecule has 4 aromatic rings. The van der Waals surface area contributed by atoms with Crippen molar-refractivity contribution in [1.82, 2.24) is 9.97 Å². The molecule has 0 amide bonds. The van der Waals surface area contributed by atoms with Crippen LogP contribution >= 0.6 is 0 Å². The number of benzene rings is 3. The topological polar surface area (TPSA) is 47.5 Å². The van der Waals surface area contributed by atoms with Crippen LogP contribution in [0.3, 0.4) is 0 Å². The average Bonchev–Trinajstić information content (AvgIpc) is 2.82. The van der Waals surface area contributed by atoms with Gasteiger partial charge in [0, 0.05) is 30.1 Å². The van der Waals surface area contributed by atoms with Gasteiger partial charge in [0.05, 0.1) is 19.7 Å². The molecule has 5 heteroatoms. The van der Waals surface area contributed by atoms with Crippen LogP contribution in [0.15, 0.2) is 66.7 Å². The summed E-state index contributed by atoms with van der Waals surface area (Å²) < 4.78 is 11.1. The smallest absolute Gasteiger partial charge is 0.162 e. The Balaban J connectivity index is 1.70. The second-order valence-electron chi connectivity index (χ2n) is 7.40. The van der Waals surface area contributed by atoms with E-state index in [4.69, 9.17) is 19.4 Å². The number of hydrogen-bond acceptors (Lipinski definition) is 5. The summed E-state index contributed by atoms with van der Waals surface area (Å²) in [7, 11) is 3.30. The zero-order chi connectivity index (χ0) is 20.5. The lowest BCUT2D eigenvalue weighted by Gasteiger charge is -2.31. The van der Waals surface area contributed by atoms with Crippen LogP contribution in [0.2, 0.25) is 0 Å². The van der Waals surface area contributed by atoms with Crippen molar-refractivity contribution in [2.24, 2.45) is 0 Å². The maximum absolute atomic E-state index is 5.56. The Hall–Kier alpha value is -3.60. The Bertz CT molecular complexity index is 1210. The van der Waals surface area contributed by atoms with Crippen molar-refractivity contribution in [3.8, 4) is 22.9 Å². The first-order valence-electron chi connectivity index (χ1n) is 10.1. The van der Waals surface area contributed by atoms with Crippen LogP contribution in [0.25, 0.3) is 22.3 Å². The van der Waals surface area contributed by atoms with Crippen molar-refractivity contribution >= 4 is 16.7 Å². The highest BCUT2D eigenvalue weighted by atomic mass is 16.5. The molecule has 2 heterocycles.